The fraction of sp³-hybridized carbons (Fsp3) is 0.812. The largest absolute Gasteiger partial charge is 0.389 e. The highest BCUT2D eigenvalue weighted by Crippen LogP contribution is 2.31. The normalized spacial score (nSPS) is 27.0. The zero-order valence-corrected chi connectivity index (χ0v) is 12.6. The van der Waals surface area contributed by atoms with E-state index in [0.29, 0.717) is 6.04 Å². The number of aryl methyl sites for hydroxylation is 1. The molecule has 0 amide bonds. The number of aromatic nitrogens is 2. The molecule has 4 nitrogen and oxygen atoms in total. The second-order valence-electron chi connectivity index (χ2n) is 6.79. The summed E-state index contributed by atoms with van der Waals surface area (Å²) < 4.78 is 2.06. The van der Waals surface area contributed by atoms with Gasteiger partial charge < -0.3 is 5.11 Å². The summed E-state index contributed by atoms with van der Waals surface area (Å²) in [4.78, 5) is 2.50. The molecule has 1 aromatic rings. The molecule has 1 aromatic heterocycles. The standard InChI is InChI=1S/C16H27N3O/c1-14-10-17-19(11-14)12-15-6-5-9-18(15)13-16(20)7-3-2-4-8-16/h10-11,15,20H,2-9,12-13H2,1H3. The summed E-state index contributed by atoms with van der Waals surface area (Å²) in [7, 11) is 0. The average molecular weight is 277 g/mol. The number of aliphatic hydroxyl groups is 1. The Balaban J connectivity index is 1.60. The third-order valence-electron chi connectivity index (χ3n) is 4.94. The van der Waals surface area contributed by atoms with Gasteiger partial charge in [0.15, 0.2) is 0 Å². The Kier molecular flexibility index (Phi) is 4.13. The molecule has 1 atom stereocenters. The summed E-state index contributed by atoms with van der Waals surface area (Å²) in [5, 5.41) is 15.2. The van der Waals surface area contributed by atoms with Crippen molar-refractivity contribution in [2.75, 3.05) is 13.1 Å². The molecule has 1 aliphatic carbocycles. The van der Waals surface area contributed by atoms with E-state index in [0.717, 1.165) is 32.5 Å². The topological polar surface area (TPSA) is 41.3 Å². The minimum atomic E-state index is -0.430. The van der Waals surface area contributed by atoms with Gasteiger partial charge >= 0.3 is 0 Å². The van der Waals surface area contributed by atoms with Crippen molar-refractivity contribution >= 4 is 0 Å². The van der Waals surface area contributed by atoms with E-state index in [1.54, 1.807) is 0 Å². The van der Waals surface area contributed by atoms with Crippen LogP contribution in [0.25, 0.3) is 0 Å². The predicted octanol–water partition coefficient (Wildman–Crippen LogP) is 2.35. The number of hydrogen-bond acceptors (Lipinski definition) is 3. The number of rotatable bonds is 4. The maximum absolute atomic E-state index is 10.8. The average Bonchev–Trinajstić information content (AvgIpc) is 3.01. The molecule has 1 aliphatic heterocycles. The van der Waals surface area contributed by atoms with Crippen molar-refractivity contribution in [3.8, 4) is 0 Å². The van der Waals surface area contributed by atoms with Crippen molar-refractivity contribution < 1.29 is 5.11 Å². The van der Waals surface area contributed by atoms with Crippen LogP contribution in [-0.4, -0.2) is 44.5 Å². The van der Waals surface area contributed by atoms with E-state index in [4.69, 9.17) is 0 Å². The number of hydrogen-bond donors (Lipinski definition) is 1. The van der Waals surface area contributed by atoms with Crippen LogP contribution in [0.15, 0.2) is 12.4 Å². The highest BCUT2D eigenvalue weighted by atomic mass is 16.3. The molecular formula is C16H27N3O. The van der Waals surface area contributed by atoms with Crippen molar-refractivity contribution in [1.82, 2.24) is 14.7 Å². The summed E-state index contributed by atoms with van der Waals surface area (Å²) in [6, 6.07) is 0.542. The van der Waals surface area contributed by atoms with Gasteiger partial charge in [-0.1, -0.05) is 19.3 Å². The van der Waals surface area contributed by atoms with Gasteiger partial charge in [0.2, 0.25) is 0 Å². The first-order valence-corrected chi connectivity index (χ1v) is 8.10. The highest BCUT2D eigenvalue weighted by molar-refractivity contribution is 5.00. The summed E-state index contributed by atoms with van der Waals surface area (Å²) in [5.41, 5.74) is 0.793. The molecule has 1 saturated heterocycles. The Hall–Kier alpha value is -0.870. The van der Waals surface area contributed by atoms with Crippen LogP contribution >= 0.6 is 0 Å². The van der Waals surface area contributed by atoms with Gasteiger partial charge in [-0.25, -0.2) is 0 Å². The van der Waals surface area contributed by atoms with Crippen LogP contribution in [0.1, 0.15) is 50.5 Å². The van der Waals surface area contributed by atoms with Crippen LogP contribution in [0.5, 0.6) is 0 Å². The Labute approximate surface area is 121 Å². The molecule has 20 heavy (non-hydrogen) atoms. The van der Waals surface area contributed by atoms with Crippen LogP contribution < -0.4 is 0 Å². The number of β-amino-alcohol motifs (C(OH)–C–C–N with tert-alkyl or cyclic N) is 1. The molecule has 4 heteroatoms. The molecule has 112 valence electrons. The van der Waals surface area contributed by atoms with Gasteiger partial charge in [0.05, 0.1) is 18.3 Å². The molecule has 1 saturated carbocycles. The smallest absolute Gasteiger partial charge is 0.0774 e. The maximum Gasteiger partial charge on any atom is 0.0774 e. The number of nitrogens with zero attached hydrogens (tertiary/aromatic N) is 3. The molecule has 0 radical (unpaired) electrons. The van der Waals surface area contributed by atoms with Crippen LogP contribution in [0, 0.1) is 6.92 Å². The van der Waals surface area contributed by atoms with Crippen molar-refractivity contribution in [1.29, 1.82) is 0 Å². The Morgan fingerprint density at radius 2 is 2.10 bits per heavy atom. The van der Waals surface area contributed by atoms with Gasteiger partial charge in [-0.15, -0.1) is 0 Å². The van der Waals surface area contributed by atoms with E-state index >= 15 is 0 Å². The molecule has 0 aromatic carbocycles. The van der Waals surface area contributed by atoms with Crippen molar-refractivity contribution in [2.45, 2.75) is 70.1 Å². The minimum Gasteiger partial charge on any atom is -0.389 e. The zero-order chi connectivity index (χ0) is 14.0. The molecule has 2 aliphatic rings. The van der Waals surface area contributed by atoms with Gasteiger partial charge in [-0.2, -0.15) is 5.10 Å². The van der Waals surface area contributed by atoms with Crippen LogP contribution in [0.4, 0.5) is 0 Å². The van der Waals surface area contributed by atoms with Gasteiger partial charge in [0.25, 0.3) is 0 Å². The lowest BCUT2D eigenvalue weighted by molar-refractivity contribution is -0.0304. The summed E-state index contributed by atoms with van der Waals surface area (Å²) in [6.07, 6.45) is 12.2. The highest BCUT2D eigenvalue weighted by Gasteiger charge is 2.35. The van der Waals surface area contributed by atoms with E-state index in [2.05, 4.69) is 27.8 Å². The maximum atomic E-state index is 10.8. The predicted molar refractivity (Wildman–Crippen MR) is 79.6 cm³/mol. The lowest BCUT2D eigenvalue weighted by Gasteiger charge is -2.37. The van der Waals surface area contributed by atoms with Gasteiger partial charge in [0.1, 0.15) is 0 Å². The summed E-state index contributed by atoms with van der Waals surface area (Å²) in [5.74, 6) is 0. The second kappa shape index (κ2) is 5.86. The van der Waals surface area contributed by atoms with E-state index in [-0.39, 0.29) is 0 Å². The molecule has 3 rings (SSSR count). The van der Waals surface area contributed by atoms with Gasteiger partial charge in [-0.05, 0) is 44.7 Å². The van der Waals surface area contributed by atoms with Crippen molar-refractivity contribution in [3.05, 3.63) is 18.0 Å². The summed E-state index contributed by atoms with van der Waals surface area (Å²) in [6.45, 7) is 5.04. The lowest BCUT2D eigenvalue weighted by atomic mass is 9.84. The van der Waals surface area contributed by atoms with Crippen LogP contribution in [0.2, 0.25) is 0 Å². The first kappa shape index (κ1) is 14.1. The zero-order valence-electron chi connectivity index (χ0n) is 12.6. The fourth-order valence-electron chi connectivity index (χ4n) is 3.84. The fourth-order valence-corrected chi connectivity index (χ4v) is 3.84. The Morgan fingerprint density at radius 3 is 2.80 bits per heavy atom. The van der Waals surface area contributed by atoms with Gasteiger partial charge in [-0.3, -0.25) is 9.58 Å². The summed E-state index contributed by atoms with van der Waals surface area (Å²) >= 11 is 0. The Bertz CT molecular complexity index is 437. The first-order chi connectivity index (χ1) is 9.65. The lowest BCUT2D eigenvalue weighted by Crippen LogP contribution is -2.47. The molecule has 1 unspecified atom stereocenters. The monoisotopic (exact) mass is 277 g/mol. The quantitative estimate of drug-likeness (QED) is 0.918. The molecule has 0 spiro atoms. The van der Waals surface area contributed by atoms with E-state index in [9.17, 15) is 5.11 Å². The van der Waals surface area contributed by atoms with Gasteiger partial charge in [0, 0.05) is 18.8 Å². The molecule has 1 N–H and O–H groups in total. The number of likely N-dealkylation sites (tertiary alicyclic amines) is 1. The van der Waals surface area contributed by atoms with Crippen molar-refractivity contribution in [3.63, 3.8) is 0 Å². The third kappa shape index (κ3) is 3.23. The molecule has 2 fully saturated rings. The van der Waals surface area contributed by atoms with Crippen LogP contribution in [-0.2, 0) is 6.54 Å². The molecule has 0 bridgehead atoms. The Morgan fingerprint density at radius 1 is 1.30 bits per heavy atom. The van der Waals surface area contributed by atoms with E-state index < -0.39 is 5.60 Å². The van der Waals surface area contributed by atoms with E-state index in [1.807, 2.05) is 6.20 Å². The first-order valence-electron chi connectivity index (χ1n) is 8.10. The molecule has 2 heterocycles. The molecular weight excluding hydrogens is 250 g/mol. The SMILES string of the molecule is Cc1cnn(CC2CCCN2CC2(O)CCCCC2)c1. The minimum absolute atomic E-state index is 0.430. The van der Waals surface area contributed by atoms with Crippen molar-refractivity contribution in [2.24, 2.45) is 0 Å². The second-order valence-corrected chi connectivity index (χ2v) is 6.79. The third-order valence-corrected chi connectivity index (χ3v) is 4.94. The van der Waals surface area contributed by atoms with E-state index in [1.165, 1.54) is 37.7 Å². The van der Waals surface area contributed by atoms with Crippen LogP contribution in [0.3, 0.4) is 0 Å².